The molecule has 0 saturated carbocycles. The number of ether oxygens (including phenoxy) is 1. The number of nitrogens with zero attached hydrogens (tertiary/aromatic N) is 2. The summed E-state index contributed by atoms with van der Waals surface area (Å²) in [6, 6.07) is 13.4. The Morgan fingerprint density at radius 3 is 2.76 bits per heavy atom. The van der Waals surface area contributed by atoms with Gasteiger partial charge in [0, 0.05) is 17.6 Å². The molecule has 2 aromatic carbocycles. The zero-order valence-electron chi connectivity index (χ0n) is 10.7. The van der Waals surface area contributed by atoms with Gasteiger partial charge in [0.25, 0.3) is 0 Å². The van der Waals surface area contributed by atoms with Crippen LogP contribution in [0.3, 0.4) is 0 Å². The van der Waals surface area contributed by atoms with Crippen molar-refractivity contribution in [1.82, 2.24) is 4.98 Å². The molecule has 1 heterocycles. The van der Waals surface area contributed by atoms with Gasteiger partial charge in [-0.2, -0.15) is 5.26 Å². The van der Waals surface area contributed by atoms with Gasteiger partial charge in [-0.05, 0) is 24.3 Å². The first-order valence-electron chi connectivity index (χ1n) is 6.10. The lowest BCUT2D eigenvalue weighted by Crippen LogP contribution is -1.92. The van der Waals surface area contributed by atoms with E-state index in [0.29, 0.717) is 28.0 Å². The number of benzene rings is 2. The fourth-order valence-electron chi connectivity index (χ4n) is 1.96. The second-order valence-electron chi connectivity index (χ2n) is 4.31. The van der Waals surface area contributed by atoms with E-state index in [1.165, 1.54) is 24.4 Å². The minimum Gasteiger partial charge on any atom is -0.455 e. The van der Waals surface area contributed by atoms with Gasteiger partial charge in [-0.3, -0.25) is 4.98 Å². The second kappa shape index (κ2) is 5.39. The Kier molecular flexibility index (Phi) is 3.43. The molecule has 21 heavy (non-hydrogen) atoms. The van der Waals surface area contributed by atoms with E-state index in [-0.39, 0.29) is 5.02 Å². The van der Waals surface area contributed by atoms with Crippen LogP contribution in [0.4, 0.5) is 4.39 Å². The van der Waals surface area contributed by atoms with Crippen molar-refractivity contribution >= 4 is 22.5 Å². The molecule has 0 amide bonds. The summed E-state index contributed by atoms with van der Waals surface area (Å²) in [4.78, 5) is 4.20. The van der Waals surface area contributed by atoms with Gasteiger partial charge in [0.1, 0.15) is 23.2 Å². The Bertz CT molecular complexity index is 874. The Hall–Kier alpha value is -2.64. The van der Waals surface area contributed by atoms with Gasteiger partial charge in [-0.15, -0.1) is 0 Å². The van der Waals surface area contributed by atoms with Crippen LogP contribution in [-0.2, 0) is 0 Å². The van der Waals surface area contributed by atoms with E-state index >= 15 is 0 Å². The van der Waals surface area contributed by atoms with Crippen molar-refractivity contribution in [3.05, 3.63) is 65.1 Å². The molecule has 0 aliphatic rings. The lowest BCUT2D eigenvalue weighted by Gasteiger charge is -2.10. The second-order valence-corrected chi connectivity index (χ2v) is 4.72. The predicted octanol–water partition coefficient (Wildman–Crippen LogP) is 4.69. The van der Waals surface area contributed by atoms with Crippen LogP contribution in [0.5, 0.6) is 11.5 Å². The quantitative estimate of drug-likeness (QED) is 0.689. The van der Waals surface area contributed by atoms with Gasteiger partial charge >= 0.3 is 0 Å². The van der Waals surface area contributed by atoms with E-state index in [1.54, 1.807) is 0 Å². The fourth-order valence-corrected chi connectivity index (χ4v) is 2.13. The van der Waals surface area contributed by atoms with Crippen LogP contribution in [0.15, 0.2) is 48.7 Å². The molecule has 0 atom stereocenters. The van der Waals surface area contributed by atoms with Crippen molar-refractivity contribution in [2.24, 2.45) is 0 Å². The van der Waals surface area contributed by atoms with E-state index in [2.05, 4.69) is 4.98 Å². The average Bonchev–Trinajstić information content (AvgIpc) is 2.51. The molecule has 0 unspecified atom stereocenters. The number of halogens is 2. The molecule has 0 fully saturated rings. The van der Waals surface area contributed by atoms with Crippen molar-refractivity contribution in [3.8, 4) is 17.6 Å². The minimum absolute atomic E-state index is 0.0376. The van der Waals surface area contributed by atoms with E-state index in [9.17, 15) is 9.65 Å². The number of pyridine rings is 1. The zero-order valence-corrected chi connectivity index (χ0v) is 11.4. The minimum atomic E-state index is -0.524. The summed E-state index contributed by atoms with van der Waals surface area (Å²) in [6.07, 6.45) is 1.45. The van der Waals surface area contributed by atoms with E-state index in [1.807, 2.05) is 30.3 Å². The van der Waals surface area contributed by atoms with E-state index in [4.69, 9.17) is 16.3 Å². The van der Waals surface area contributed by atoms with Gasteiger partial charge < -0.3 is 4.74 Å². The molecular formula is C16H8ClFN2O. The molecule has 0 N–H and O–H groups in total. The Labute approximate surface area is 125 Å². The maximum atomic E-state index is 13.2. The molecule has 102 valence electrons. The summed E-state index contributed by atoms with van der Waals surface area (Å²) in [5, 5.41) is 9.87. The first-order valence-corrected chi connectivity index (χ1v) is 6.47. The highest BCUT2D eigenvalue weighted by Gasteiger charge is 2.12. The Balaban J connectivity index is 2.14. The van der Waals surface area contributed by atoms with Crippen molar-refractivity contribution in [1.29, 1.82) is 5.26 Å². The molecule has 0 spiro atoms. The third-order valence-corrected chi connectivity index (χ3v) is 3.25. The van der Waals surface area contributed by atoms with Gasteiger partial charge in [0.15, 0.2) is 5.75 Å². The third-order valence-electron chi connectivity index (χ3n) is 2.96. The monoisotopic (exact) mass is 298 g/mol. The van der Waals surface area contributed by atoms with Gasteiger partial charge in [0.2, 0.25) is 0 Å². The van der Waals surface area contributed by atoms with Crippen molar-refractivity contribution in [3.63, 3.8) is 0 Å². The molecule has 3 nitrogen and oxygen atoms in total. The van der Waals surface area contributed by atoms with Crippen LogP contribution in [-0.4, -0.2) is 4.98 Å². The van der Waals surface area contributed by atoms with Crippen LogP contribution in [0.1, 0.15) is 5.56 Å². The van der Waals surface area contributed by atoms with Crippen LogP contribution in [0.25, 0.3) is 10.9 Å². The molecule has 0 radical (unpaired) electrons. The molecule has 0 saturated heterocycles. The normalized spacial score (nSPS) is 10.3. The van der Waals surface area contributed by atoms with Crippen molar-refractivity contribution in [2.75, 3.05) is 0 Å². The molecule has 3 aromatic rings. The summed E-state index contributed by atoms with van der Waals surface area (Å²) < 4.78 is 18.9. The SMILES string of the molecule is N#Cc1cnc2ccccc2c1Oc1ccc(F)c(Cl)c1. The Morgan fingerprint density at radius 2 is 2.00 bits per heavy atom. The summed E-state index contributed by atoms with van der Waals surface area (Å²) in [7, 11) is 0. The number of para-hydroxylation sites is 1. The largest absolute Gasteiger partial charge is 0.455 e. The molecule has 1 aromatic heterocycles. The van der Waals surface area contributed by atoms with Crippen molar-refractivity contribution in [2.45, 2.75) is 0 Å². The first-order chi connectivity index (χ1) is 10.2. The maximum Gasteiger partial charge on any atom is 0.156 e. The van der Waals surface area contributed by atoms with Crippen LogP contribution in [0.2, 0.25) is 5.02 Å². The molecule has 3 rings (SSSR count). The van der Waals surface area contributed by atoms with Crippen LogP contribution >= 0.6 is 11.6 Å². The van der Waals surface area contributed by atoms with Gasteiger partial charge in [-0.1, -0.05) is 23.7 Å². The van der Waals surface area contributed by atoms with Gasteiger partial charge in [-0.25, -0.2) is 4.39 Å². The third kappa shape index (κ3) is 2.51. The Morgan fingerprint density at radius 1 is 1.19 bits per heavy atom. The highest BCUT2D eigenvalue weighted by Crippen LogP contribution is 2.33. The summed E-state index contributed by atoms with van der Waals surface area (Å²) >= 11 is 5.74. The number of rotatable bonds is 2. The molecule has 5 heteroatoms. The van der Waals surface area contributed by atoms with E-state index in [0.717, 1.165) is 0 Å². The lowest BCUT2D eigenvalue weighted by atomic mass is 10.1. The highest BCUT2D eigenvalue weighted by atomic mass is 35.5. The number of hydrogen-bond acceptors (Lipinski definition) is 3. The summed E-state index contributed by atoms with van der Waals surface area (Å²) in [5.41, 5.74) is 1.01. The number of aromatic nitrogens is 1. The van der Waals surface area contributed by atoms with Gasteiger partial charge in [0.05, 0.1) is 10.5 Å². The predicted molar refractivity (Wildman–Crippen MR) is 77.9 cm³/mol. The number of nitriles is 1. The highest BCUT2D eigenvalue weighted by molar-refractivity contribution is 6.30. The summed E-state index contributed by atoms with van der Waals surface area (Å²) in [5.74, 6) is 0.212. The lowest BCUT2D eigenvalue weighted by molar-refractivity contribution is 0.484. The molecule has 0 bridgehead atoms. The standard InChI is InChI=1S/C16H8ClFN2O/c17-13-7-11(5-6-14(13)18)21-16-10(8-19)9-20-15-4-2-1-3-12(15)16/h1-7,9H. The first kappa shape index (κ1) is 13.3. The molecule has 0 aliphatic heterocycles. The smallest absolute Gasteiger partial charge is 0.156 e. The summed E-state index contributed by atoms with van der Waals surface area (Å²) in [6.45, 7) is 0. The van der Waals surface area contributed by atoms with Crippen LogP contribution in [0, 0.1) is 17.1 Å². The van der Waals surface area contributed by atoms with E-state index < -0.39 is 5.82 Å². The van der Waals surface area contributed by atoms with Crippen LogP contribution < -0.4 is 4.74 Å². The number of fused-ring (bicyclic) bond motifs is 1. The average molecular weight is 299 g/mol. The zero-order chi connectivity index (χ0) is 14.8. The number of hydrogen-bond donors (Lipinski definition) is 0. The van der Waals surface area contributed by atoms with Crippen molar-refractivity contribution < 1.29 is 9.13 Å². The maximum absolute atomic E-state index is 13.2. The topological polar surface area (TPSA) is 45.9 Å². The molecule has 0 aliphatic carbocycles. The fraction of sp³-hybridized carbons (Fsp3) is 0. The molecular weight excluding hydrogens is 291 g/mol.